The van der Waals surface area contributed by atoms with Crippen molar-refractivity contribution in [3.63, 3.8) is 0 Å². The molecule has 102 valence electrons. The zero-order chi connectivity index (χ0) is 14.3. The van der Waals surface area contributed by atoms with E-state index in [1.807, 2.05) is 18.2 Å². The summed E-state index contributed by atoms with van der Waals surface area (Å²) < 4.78 is 0. The smallest absolute Gasteiger partial charge is 0.228 e. The molecule has 0 radical (unpaired) electrons. The maximum absolute atomic E-state index is 11.4. The SMILES string of the molecule is Cc1ccc(C(Cl)c2ccc3c(c2)CC(=O)N3)cc1C. The molecule has 1 aliphatic rings. The van der Waals surface area contributed by atoms with E-state index >= 15 is 0 Å². The van der Waals surface area contributed by atoms with Crippen LogP contribution in [0, 0.1) is 13.8 Å². The zero-order valence-electron chi connectivity index (χ0n) is 11.5. The Kier molecular flexibility index (Phi) is 3.27. The molecule has 0 aromatic heterocycles. The Morgan fingerprint density at radius 1 is 1.05 bits per heavy atom. The molecule has 0 saturated carbocycles. The highest BCUT2D eigenvalue weighted by Gasteiger charge is 2.20. The van der Waals surface area contributed by atoms with Gasteiger partial charge in [-0.1, -0.05) is 30.3 Å². The standard InChI is InChI=1S/C17H16ClNO/c1-10-3-4-12(7-11(10)2)17(18)13-5-6-15-14(8-13)9-16(20)19-15/h3-8,17H,9H2,1-2H3,(H,19,20). The van der Waals surface area contributed by atoms with E-state index in [-0.39, 0.29) is 11.3 Å². The maximum atomic E-state index is 11.4. The van der Waals surface area contributed by atoms with Crippen LogP contribution in [0.2, 0.25) is 0 Å². The Balaban J connectivity index is 1.94. The molecule has 0 spiro atoms. The number of aryl methyl sites for hydroxylation is 2. The number of carbonyl (C=O) groups is 1. The van der Waals surface area contributed by atoms with Gasteiger partial charge in [0.15, 0.2) is 0 Å². The highest BCUT2D eigenvalue weighted by molar-refractivity contribution is 6.22. The van der Waals surface area contributed by atoms with E-state index in [4.69, 9.17) is 11.6 Å². The molecule has 1 N–H and O–H groups in total. The normalized spacial score (nSPS) is 14.8. The van der Waals surface area contributed by atoms with Crippen LogP contribution in [0.3, 0.4) is 0 Å². The van der Waals surface area contributed by atoms with Gasteiger partial charge in [-0.2, -0.15) is 0 Å². The maximum Gasteiger partial charge on any atom is 0.228 e. The van der Waals surface area contributed by atoms with E-state index in [0.717, 1.165) is 22.4 Å². The summed E-state index contributed by atoms with van der Waals surface area (Å²) in [6.07, 6.45) is 0.444. The number of fused-ring (bicyclic) bond motifs is 1. The Morgan fingerprint density at radius 2 is 1.75 bits per heavy atom. The van der Waals surface area contributed by atoms with Crippen molar-refractivity contribution in [3.05, 3.63) is 64.2 Å². The first-order valence-corrected chi connectivity index (χ1v) is 7.12. The molecular weight excluding hydrogens is 270 g/mol. The zero-order valence-corrected chi connectivity index (χ0v) is 12.3. The molecule has 0 saturated heterocycles. The molecule has 2 aromatic rings. The number of halogens is 1. The topological polar surface area (TPSA) is 29.1 Å². The van der Waals surface area contributed by atoms with E-state index in [1.54, 1.807) is 0 Å². The van der Waals surface area contributed by atoms with Gasteiger partial charge in [-0.05, 0) is 47.7 Å². The molecule has 0 bridgehead atoms. The van der Waals surface area contributed by atoms with Gasteiger partial charge in [0, 0.05) is 5.69 Å². The lowest BCUT2D eigenvalue weighted by atomic mass is 9.98. The van der Waals surface area contributed by atoms with E-state index < -0.39 is 0 Å². The van der Waals surface area contributed by atoms with Gasteiger partial charge < -0.3 is 5.32 Å². The van der Waals surface area contributed by atoms with Crippen molar-refractivity contribution in [2.45, 2.75) is 25.6 Å². The molecule has 20 heavy (non-hydrogen) atoms. The summed E-state index contributed by atoms with van der Waals surface area (Å²) in [5.74, 6) is 0.0504. The molecule has 0 aliphatic carbocycles. The third-order valence-corrected chi connectivity index (χ3v) is 4.37. The summed E-state index contributed by atoms with van der Waals surface area (Å²) >= 11 is 6.59. The number of benzene rings is 2. The van der Waals surface area contributed by atoms with Crippen LogP contribution in [0.25, 0.3) is 0 Å². The van der Waals surface area contributed by atoms with Gasteiger partial charge in [0.05, 0.1) is 11.8 Å². The minimum absolute atomic E-state index is 0.0504. The third-order valence-electron chi connectivity index (χ3n) is 3.87. The first-order chi connectivity index (χ1) is 9.54. The monoisotopic (exact) mass is 285 g/mol. The molecule has 1 amide bonds. The molecule has 1 unspecified atom stereocenters. The molecular formula is C17H16ClNO. The quantitative estimate of drug-likeness (QED) is 0.826. The fourth-order valence-corrected chi connectivity index (χ4v) is 2.79. The van der Waals surface area contributed by atoms with E-state index in [2.05, 4.69) is 37.4 Å². The number of anilines is 1. The van der Waals surface area contributed by atoms with Crippen molar-refractivity contribution in [2.75, 3.05) is 5.32 Å². The van der Waals surface area contributed by atoms with Crippen molar-refractivity contribution in [1.82, 2.24) is 0 Å². The molecule has 1 heterocycles. The Labute approximate surface area is 123 Å². The van der Waals surface area contributed by atoms with Crippen molar-refractivity contribution in [2.24, 2.45) is 0 Å². The van der Waals surface area contributed by atoms with E-state index in [9.17, 15) is 4.79 Å². The first-order valence-electron chi connectivity index (χ1n) is 6.68. The summed E-state index contributed by atoms with van der Waals surface area (Å²) in [7, 11) is 0. The Bertz CT molecular complexity index is 693. The van der Waals surface area contributed by atoms with Crippen molar-refractivity contribution in [1.29, 1.82) is 0 Å². The molecule has 1 atom stereocenters. The van der Waals surface area contributed by atoms with Crippen LogP contribution in [-0.2, 0) is 11.2 Å². The lowest BCUT2D eigenvalue weighted by Crippen LogP contribution is -2.03. The highest BCUT2D eigenvalue weighted by Crippen LogP contribution is 2.33. The molecule has 1 aliphatic heterocycles. The van der Waals surface area contributed by atoms with Crippen molar-refractivity contribution >= 4 is 23.2 Å². The van der Waals surface area contributed by atoms with Crippen LogP contribution in [0.4, 0.5) is 5.69 Å². The van der Waals surface area contributed by atoms with Crippen molar-refractivity contribution < 1.29 is 4.79 Å². The lowest BCUT2D eigenvalue weighted by molar-refractivity contribution is -0.115. The molecule has 0 fully saturated rings. The van der Waals surface area contributed by atoms with Crippen LogP contribution in [-0.4, -0.2) is 5.91 Å². The number of hydrogen-bond acceptors (Lipinski definition) is 1. The van der Waals surface area contributed by atoms with Gasteiger partial charge in [-0.3, -0.25) is 4.79 Å². The van der Waals surface area contributed by atoms with Crippen LogP contribution in [0.1, 0.15) is 33.2 Å². The lowest BCUT2D eigenvalue weighted by Gasteiger charge is -2.13. The predicted molar refractivity (Wildman–Crippen MR) is 82.4 cm³/mol. The Hall–Kier alpha value is -1.80. The van der Waals surface area contributed by atoms with Gasteiger partial charge in [0.2, 0.25) is 5.91 Å². The summed E-state index contributed by atoms with van der Waals surface area (Å²) in [5.41, 5.74) is 6.56. The summed E-state index contributed by atoms with van der Waals surface area (Å²) in [5, 5.41) is 2.65. The van der Waals surface area contributed by atoms with Crippen LogP contribution in [0.5, 0.6) is 0 Å². The third kappa shape index (κ3) is 2.32. The number of alkyl halides is 1. The first kappa shape index (κ1) is 13.2. The fourth-order valence-electron chi connectivity index (χ4n) is 2.52. The van der Waals surface area contributed by atoms with Crippen LogP contribution >= 0.6 is 11.6 Å². The summed E-state index contributed by atoms with van der Waals surface area (Å²) in [4.78, 5) is 11.4. The molecule has 2 aromatic carbocycles. The minimum Gasteiger partial charge on any atom is -0.326 e. The molecule has 3 rings (SSSR count). The second-order valence-electron chi connectivity index (χ2n) is 5.35. The number of amides is 1. The van der Waals surface area contributed by atoms with Gasteiger partial charge in [-0.15, -0.1) is 11.6 Å². The number of nitrogens with one attached hydrogen (secondary N) is 1. The summed E-state index contributed by atoms with van der Waals surface area (Å²) in [6, 6.07) is 12.2. The number of hydrogen-bond donors (Lipinski definition) is 1. The minimum atomic E-state index is -0.185. The predicted octanol–water partition coefficient (Wildman–Crippen LogP) is 4.13. The van der Waals surface area contributed by atoms with Gasteiger partial charge in [0.25, 0.3) is 0 Å². The fraction of sp³-hybridized carbons (Fsp3) is 0.235. The Morgan fingerprint density at radius 3 is 2.50 bits per heavy atom. The second-order valence-corrected chi connectivity index (χ2v) is 5.78. The average Bonchev–Trinajstić information content (AvgIpc) is 2.80. The van der Waals surface area contributed by atoms with Gasteiger partial charge >= 0.3 is 0 Å². The second kappa shape index (κ2) is 4.95. The van der Waals surface area contributed by atoms with Crippen LogP contribution in [0.15, 0.2) is 36.4 Å². The highest BCUT2D eigenvalue weighted by atomic mass is 35.5. The van der Waals surface area contributed by atoms with Crippen LogP contribution < -0.4 is 5.32 Å². The molecule has 2 nitrogen and oxygen atoms in total. The largest absolute Gasteiger partial charge is 0.326 e. The molecule has 3 heteroatoms. The summed E-state index contributed by atoms with van der Waals surface area (Å²) in [6.45, 7) is 4.18. The van der Waals surface area contributed by atoms with E-state index in [0.29, 0.717) is 6.42 Å². The number of carbonyl (C=O) groups excluding carboxylic acids is 1. The van der Waals surface area contributed by atoms with Gasteiger partial charge in [-0.25, -0.2) is 0 Å². The van der Waals surface area contributed by atoms with E-state index in [1.165, 1.54) is 11.1 Å². The van der Waals surface area contributed by atoms with Gasteiger partial charge in [0.1, 0.15) is 0 Å². The van der Waals surface area contributed by atoms with Crippen molar-refractivity contribution in [3.8, 4) is 0 Å². The number of rotatable bonds is 2. The average molecular weight is 286 g/mol.